The third kappa shape index (κ3) is 2.42. The van der Waals surface area contributed by atoms with E-state index in [2.05, 4.69) is 22.8 Å². The molecule has 3 nitrogen and oxygen atoms in total. The fourth-order valence-electron chi connectivity index (χ4n) is 1.82. The summed E-state index contributed by atoms with van der Waals surface area (Å²) in [6, 6.07) is 6.19. The first-order chi connectivity index (χ1) is 7.06. The Morgan fingerprint density at radius 3 is 3.00 bits per heavy atom. The molecule has 1 aromatic rings. The van der Waals surface area contributed by atoms with Crippen molar-refractivity contribution in [3.8, 4) is 0 Å². The van der Waals surface area contributed by atoms with E-state index in [4.69, 9.17) is 0 Å². The van der Waals surface area contributed by atoms with Crippen molar-refractivity contribution in [1.82, 2.24) is 0 Å². The Morgan fingerprint density at radius 2 is 2.27 bits per heavy atom. The van der Waals surface area contributed by atoms with E-state index in [9.17, 15) is 5.11 Å². The smallest absolute Gasteiger partial charge is 0.0763 e. The van der Waals surface area contributed by atoms with E-state index in [1.54, 1.807) is 13.8 Å². The molecule has 0 spiro atoms. The van der Waals surface area contributed by atoms with E-state index in [1.807, 2.05) is 6.07 Å². The van der Waals surface area contributed by atoms with Gasteiger partial charge in [0, 0.05) is 30.0 Å². The summed E-state index contributed by atoms with van der Waals surface area (Å²) >= 11 is 0. The van der Waals surface area contributed by atoms with Gasteiger partial charge >= 0.3 is 0 Å². The second kappa shape index (κ2) is 3.74. The fourth-order valence-corrected chi connectivity index (χ4v) is 1.82. The van der Waals surface area contributed by atoms with Crippen molar-refractivity contribution in [3.05, 3.63) is 23.8 Å². The molecule has 0 atom stereocenters. The zero-order valence-corrected chi connectivity index (χ0v) is 9.30. The summed E-state index contributed by atoms with van der Waals surface area (Å²) in [6.07, 6.45) is 1.06. The summed E-state index contributed by atoms with van der Waals surface area (Å²) in [6.45, 7) is 5.20. The number of anilines is 2. The average Bonchev–Trinajstić information content (AvgIpc) is 2.61. The van der Waals surface area contributed by atoms with Gasteiger partial charge in [-0.1, -0.05) is 6.07 Å². The van der Waals surface area contributed by atoms with Crippen LogP contribution < -0.4 is 10.6 Å². The molecule has 0 amide bonds. The van der Waals surface area contributed by atoms with Gasteiger partial charge in [0.25, 0.3) is 0 Å². The highest BCUT2D eigenvalue weighted by atomic mass is 16.3. The zero-order valence-electron chi connectivity index (χ0n) is 9.30. The van der Waals surface area contributed by atoms with Crippen molar-refractivity contribution in [2.45, 2.75) is 25.9 Å². The Balaban J connectivity index is 2.12. The normalized spacial score (nSPS) is 14.6. The Hall–Kier alpha value is -1.22. The van der Waals surface area contributed by atoms with Crippen molar-refractivity contribution in [2.75, 3.05) is 23.7 Å². The van der Waals surface area contributed by atoms with E-state index < -0.39 is 5.60 Å². The Labute approximate surface area is 90.5 Å². The SMILES string of the molecule is CC(C)(O)CNc1cccc2c1CCN2. The number of benzene rings is 1. The molecule has 0 aromatic heterocycles. The van der Waals surface area contributed by atoms with Crippen LogP contribution in [0.15, 0.2) is 18.2 Å². The quantitative estimate of drug-likeness (QED) is 0.707. The summed E-state index contributed by atoms with van der Waals surface area (Å²) in [5.41, 5.74) is 3.02. The molecular weight excluding hydrogens is 188 g/mol. The van der Waals surface area contributed by atoms with Gasteiger partial charge in [-0.15, -0.1) is 0 Å². The standard InChI is InChI=1S/C12H18N2O/c1-12(2,15)8-14-11-5-3-4-10-9(11)6-7-13-10/h3-5,13-15H,6-8H2,1-2H3. The highest BCUT2D eigenvalue weighted by Crippen LogP contribution is 2.29. The number of fused-ring (bicyclic) bond motifs is 1. The third-order valence-electron chi connectivity index (χ3n) is 2.58. The Bertz CT molecular complexity index is 355. The average molecular weight is 206 g/mol. The van der Waals surface area contributed by atoms with Crippen LogP contribution in [0.3, 0.4) is 0 Å². The predicted octanol–water partition coefficient (Wildman–Crippen LogP) is 1.84. The first-order valence-corrected chi connectivity index (χ1v) is 5.38. The lowest BCUT2D eigenvalue weighted by atomic mass is 10.1. The lowest BCUT2D eigenvalue weighted by Crippen LogP contribution is -2.29. The summed E-state index contributed by atoms with van der Waals surface area (Å²) < 4.78 is 0. The maximum absolute atomic E-state index is 9.65. The second-order valence-electron chi connectivity index (χ2n) is 4.67. The molecule has 0 fully saturated rings. The predicted molar refractivity (Wildman–Crippen MR) is 63.4 cm³/mol. The molecule has 3 N–H and O–H groups in total. The van der Waals surface area contributed by atoms with Crippen LogP contribution in [-0.4, -0.2) is 23.8 Å². The molecule has 1 heterocycles. The third-order valence-corrected chi connectivity index (χ3v) is 2.58. The van der Waals surface area contributed by atoms with E-state index in [-0.39, 0.29) is 0 Å². The van der Waals surface area contributed by atoms with E-state index in [0.29, 0.717) is 6.54 Å². The van der Waals surface area contributed by atoms with Crippen molar-refractivity contribution >= 4 is 11.4 Å². The van der Waals surface area contributed by atoms with Crippen LogP contribution in [0.5, 0.6) is 0 Å². The van der Waals surface area contributed by atoms with Crippen molar-refractivity contribution in [3.63, 3.8) is 0 Å². The molecule has 0 unspecified atom stereocenters. The van der Waals surface area contributed by atoms with Gasteiger partial charge in [-0.25, -0.2) is 0 Å². The van der Waals surface area contributed by atoms with Gasteiger partial charge < -0.3 is 15.7 Å². The molecule has 0 saturated heterocycles. The number of hydrogen-bond acceptors (Lipinski definition) is 3. The summed E-state index contributed by atoms with van der Waals surface area (Å²) in [5, 5.41) is 16.3. The van der Waals surface area contributed by atoms with Crippen LogP contribution in [-0.2, 0) is 6.42 Å². The maximum atomic E-state index is 9.65. The van der Waals surface area contributed by atoms with E-state index in [0.717, 1.165) is 18.7 Å². The zero-order chi connectivity index (χ0) is 10.9. The molecule has 15 heavy (non-hydrogen) atoms. The lowest BCUT2D eigenvalue weighted by molar-refractivity contribution is 0.0945. The summed E-state index contributed by atoms with van der Waals surface area (Å²) in [5.74, 6) is 0. The molecule has 0 bridgehead atoms. The van der Waals surface area contributed by atoms with Crippen LogP contribution in [0.25, 0.3) is 0 Å². The van der Waals surface area contributed by atoms with Gasteiger partial charge in [0.15, 0.2) is 0 Å². The summed E-state index contributed by atoms with van der Waals surface area (Å²) in [4.78, 5) is 0. The van der Waals surface area contributed by atoms with Gasteiger partial charge in [-0.3, -0.25) is 0 Å². The molecule has 1 aliphatic rings. The minimum atomic E-state index is -0.672. The highest BCUT2D eigenvalue weighted by Gasteiger charge is 2.16. The van der Waals surface area contributed by atoms with Gasteiger partial charge in [0.05, 0.1) is 5.60 Å². The molecule has 2 rings (SSSR count). The largest absolute Gasteiger partial charge is 0.389 e. The van der Waals surface area contributed by atoms with Crippen LogP contribution in [0.2, 0.25) is 0 Å². The van der Waals surface area contributed by atoms with E-state index >= 15 is 0 Å². The van der Waals surface area contributed by atoms with Crippen molar-refractivity contribution in [1.29, 1.82) is 0 Å². The number of aliphatic hydroxyl groups is 1. The van der Waals surface area contributed by atoms with Gasteiger partial charge in [-0.05, 0) is 32.4 Å². The molecular formula is C12H18N2O. The topological polar surface area (TPSA) is 44.3 Å². The number of rotatable bonds is 3. The van der Waals surface area contributed by atoms with E-state index in [1.165, 1.54) is 11.3 Å². The highest BCUT2D eigenvalue weighted by molar-refractivity contribution is 5.68. The second-order valence-corrected chi connectivity index (χ2v) is 4.67. The van der Waals surface area contributed by atoms with Gasteiger partial charge in [-0.2, -0.15) is 0 Å². The fraction of sp³-hybridized carbons (Fsp3) is 0.500. The molecule has 82 valence electrons. The van der Waals surface area contributed by atoms with Crippen molar-refractivity contribution in [2.24, 2.45) is 0 Å². The van der Waals surface area contributed by atoms with Crippen molar-refractivity contribution < 1.29 is 5.11 Å². The first-order valence-electron chi connectivity index (χ1n) is 5.38. The Morgan fingerprint density at radius 1 is 1.47 bits per heavy atom. The van der Waals surface area contributed by atoms with Crippen LogP contribution in [0.4, 0.5) is 11.4 Å². The number of nitrogens with one attached hydrogen (secondary N) is 2. The maximum Gasteiger partial charge on any atom is 0.0763 e. The van der Waals surface area contributed by atoms with Crippen LogP contribution in [0, 0.1) is 0 Å². The summed E-state index contributed by atoms with van der Waals surface area (Å²) in [7, 11) is 0. The van der Waals surface area contributed by atoms with Crippen LogP contribution >= 0.6 is 0 Å². The lowest BCUT2D eigenvalue weighted by Gasteiger charge is -2.19. The minimum absolute atomic E-state index is 0.573. The van der Waals surface area contributed by atoms with Gasteiger partial charge in [0.1, 0.15) is 0 Å². The minimum Gasteiger partial charge on any atom is -0.389 e. The van der Waals surface area contributed by atoms with Gasteiger partial charge in [0.2, 0.25) is 0 Å². The molecule has 0 aliphatic carbocycles. The molecule has 1 aromatic carbocycles. The monoisotopic (exact) mass is 206 g/mol. The molecule has 0 saturated carbocycles. The molecule has 1 aliphatic heterocycles. The van der Waals surface area contributed by atoms with Crippen LogP contribution in [0.1, 0.15) is 19.4 Å². The number of hydrogen-bond donors (Lipinski definition) is 3. The Kier molecular flexibility index (Phi) is 2.57. The molecule has 3 heteroatoms. The first kappa shape index (κ1) is 10.3. The molecule has 0 radical (unpaired) electrons.